The molecular weight excluding hydrogens is 238 g/mol. The normalized spacial score (nSPS) is 34.5. The summed E-state index contributed by atoms with van der Waals surface area (Å²) in [6.07, 6.45) is 7.07. The molecule has 2 atom stereocenters. The summed E-state index contributed by atoms with van der Waals surface area (Å²) in [6.45, 7) is 5.94. The largest absolute Gasteiger partial charge is 0.337 e. The van der Waals surface area contributed by atoms with Crippen molar-refractivity contribution in [3.63, 3.8) is 0 Å². The molecule has 0 aromatic carbocycles. The molecule has 2 heterocycles. The van der Waals surface area contributed by atoms with Gasteiger partial charge in [-0.25, -0.2) is 0 Å². The lowest BCUT2D eigenvalue weighted by Crippen LogP contribution is -2.64. The molecule has 1 saturated carbocycles. The number of piperidine rings is 1. The maximum absolute atomic E-state index is 12.8. The highest BCUT2D eigenvalue weighted by Gasteiger charge is 2.47. The van der Waals surface area contributed by atoms with Crippen LogP contribution in [0.25, 0.3) is 0 Å². The van der Waals surface area contributed by atoms with Crippen LogP contribution in [0.4, 0.5) is 0 Å². The summed E-state index contributed by atoms with van der Waals surface area (Å²) in [5, 5.41) is 0. The van der Waals surface area contributed by atoms with Crippen LogP contribution in [0.15, 0.2) is 0 Å². The highest BCUT2D eigenvalue weighted by Crippen LogP contribution is 2.42. The molecule has 0 radical (unpaired) electrons. The SMILES string of the molecule is CC1CN2CCCCC2CN1C(=O)C1(CN)CCC1. The zero-order valence-electron chi connectivity index (χ0n) is 12.1. The second-order valence-electron chi connectivity index (χ2n) is 6.79. The Morgan fingerprint density at radius 1 is 1.26 bits per heavy atom. The van der Waals surface area contributed by atoms with Crippen LogP contribution in [0.1, 0.15) is 45.4 Å². The lowest BCUT2D eigenvalue weighted by molar-refractivity contribution is -0.153. The molecule has 108 valence electrons. The lowest BCUT2D eigenvalue weighted by atomic mass is 9.67. The van der Waals surface area contributed by atoms with Gasteiger partial charge in [-0.1, -0.05) is 12.8 Å². The summed E-state index contributed by atoms with van der Waals surface area (Å²) in [6, 6.07) is 0.953. The van der Waals surface area contributed by atoms with Crippen molar-refractivity contribution >= 4 is 5.91 Å². The molecule has 4 heteroatoms. The second-order valence-corrected chi connectivity index (χ2v) is 6.79. The molecule has 3 rings (SSSR count). The van der Waals surface area contributed by atoms with Gasteiger partial charge in [0.05, 0.1) is 5.41 Å². The van der Waals surface area contributed by atoms with Crippen LogP contribution in [0.5, 0.6) is 0 Å². The zero-order chi connectivity index (χ0) is 13.5. The first-order valence-electron chi connectivity index (χ1n) is 7.91. The van der Waals surface area contributed by atoms with Crippen molar-refractivity contribution in [1.82, 2.24) is 9.80 Å². The van der Waals surface area contributed by atoms with E-state index in [1.165, 1.54) is 32.2 Å². The van der Waals surface area contributed by atoms with Gasteiger partial charge in [-0.2, -0.15) is 0 Å². The number of carbonyl (C=O) groups excluding carboxylic acids is 1. The third kappa shape index (κ3) is 2.19. The minimum Gasteiger partial charge on any atom is -0.337 e. The smallest absolute Gasteiger partial charge is 0.230 e. The van der Waals surface area contributed by atoms with Crippen LogP contribution in [0, 0.1) is 5.41 Å². The fraction of sp³-hybridized carbons (Fsp3) is 0.933. The van der Waals surface area contributed by atoms with Gasteiger partial charge in [-0.3, -0.25) is 9.69 Å². The van der Waals surface area contributed by atoms with Crippen molar-refractivity contribution in [3.8, 4) is 0 Å². The molecule has 2 saturated heterocycles. The average molecular weight is 265 g/mol. The van der Waals surface area contributed by atoms with E-state index in [9.17, 15) is 4.79 Å². The summed E-state index contributed by atoms with van der Waals surface area (Å²) >= 11 is 0. The molecule has 0 aromatic heterocycles. The summed E-state index contributed by atoms with van der Waals surface area (Å²) in [5.74, 6) is 0.346. The minimum absolute atomic E-state index is 0.203. The van der Waals surface area contributed by atoms with Gasteiger partial charge in [0.1, 0.15) is 0 Å². The summed E-state index contributed by atoms with van der Waals surface area (Å²) in [7, 11) is 0. The number of nitrogens with two attached hydrogens (primary N) is 1. The van der Waals surface area contributed by atoms with Gasteiger partial charge in [-0.05, 0) is 39.2 Å². The van der Waals surface area contributed by atoms with Crippen LogP contribution in [0.2, 0.25) is 0 Å². The number of hydrogen-bond acceptors (Lipinski definition) is 3. The van der Waals surface area contributed by atoms with Gasteiger partial charge < -0.3 is 10.6 Å². The van der Waals surface area contributed by atoms with Crippen LogP contribution in [-0.4, -0.2) is 54.0 Å². The first kappa shape index (κ1) is 13.4. The van der Waals surface area contributed by atoms with E-state index in [-0.39, 0.29) is 5.41 Å². The number of carbonyl (C=O) groups is 1. The Kier molecular flexibility index (Phi) is 3.56. The molecule has 2 aliphatic heterocycles. The van der Waals surface area contributed by atoms with Crippen molar-refractivity contribution < 1.29 is 4.79 Å². The van der Waals surface area contributed by atoms with Gasteiger partial charge in [-0.15, -0.1) is 0 Å². The van der Waals surface area contributed by atoms with Crippen molar-refractivity contribution in [3.05, 3.63) is 0 Å². The monoisotopic (exact) mass is 265 g/mol. The molecule has 2 unspecified atom stereocenters. The first-order valence-corrected chi connectivity index (χ1v) is 7.91. The molecule has 3 fully saturated rings. The number of piperazine rings is 1. The number of rotatable bonds is 2. The molecular formula is C15H27N3O. The molecule has 0 spiro atoms. The topological polar surface area (TPSA) is 49.6 Å². The fourth-order valence-corrected chi connectivity index (χ4v) is 4.05. The number of nitrogens with zero attached hydrogens (tertiary/aromatic N) is 2. The number of hydrogen-bond donors (Lipinski definition) is 1. The van der Waals surface area contributed by atoms with Gasteiger partial charge in [0.2, 0.25) is 5.91 Å². The molecule has 1 amide bonds. The standard InChI is InChI=1S/C15H27N3O/c1-12-9-17-8-3-2-5-13(17)10-18(12)14(19)15(11-16)6-4-7-15/h12-13H,2-11,16H2,1H3. The van der Waals surface area contributed by atoms with E-state index in [1.54, 1.807) is 0 Å². The molecule has 1 aliphatic carbocycles. The van der Waals surface area contributed by atoms with E-state index in [4.69, 9.17) is 5.73 Å². The van der Waals surface area contributed by atoms with Crippen molar-refractivity contribution in [2.75, 3.05) is 26.2 Å². The summed E-state index contributed by atoms with van der Waals surface area (Å²) in [4.78, 5) is 17.6. The molecule has 2 N–H and O–H groups in total. The fourth-order valence-electron chi connectivity index (χ4n) is 4.05. The van der Waals surface area contributed by atoms with Crippen LogP contribution < -0.4 is 5.73 Å². The molecule has 3 aliphatic rings. The van der Waals surface area contributed by atoms with Gasteiger partial charge in [0.25, 0.3) is 0 Å². The van der Waals surface area contributed by atoms with Crippen molar-refractivity contribution in [2.45, 2.75) is 57.5 Å². The second kappa shape index (κ2) is 5.06. The predicted molar refractivity (Wildman–Crippen MR) is 75.7 cm³/mol. The Bertz CT molecular complexity index is 348. The highest BCUT2D eigenvalue weighted by molar-refractivity contribution is 5.84. The lowest BCUT2D eigenvalue weighted by Gasteiger charge is -2.51. The van der Waals surface area contributed by atoms with Crippen LogP contribution >= 0.6 is 0 Å². The van der Waals surface area contributed by atoms with Crippen LogP contribution in [0.3, 0.4) is 0 Å². The molecule has 19 heavy (non-hydrogen) atoms. The highest BCUT2D eigenvalue weighted by atomic mass is 16.2. The number of fused-ring (bicyclic) bond motifs is 1. The maximum Gasteiger partial charge on any atom is 0.230 e. The average Bonchev–Trinajstić information content (AvgIpc) is 2.37. The summed E-state index contributed by atoms with van der Waals surface area (Å²) in [5.41, 5.74) is 5.69. The Morgan fingerprint density at radius 3 is 2.68 bits per heavy atom. The third-order valence-corrected chi connectivity index (χ3v) is 5.60. The van der Waals surface area contributed by atoms with E-state index in [1.807, 2.05) is 0 Å². The Labute approximate surface area is 116 Å². The van der Waals surface area contributed by atoms with Gasteiger partial charge in [0.15, 0.2) is 0 Å². The number of amides is 1. The van der Waals surface area contributed by atoms with E-state index >= 15 is 0 Å². The zero-order valence-corrected chi connectivity index (χ0v) is 12.1. The molecule has 0 bridgehead atoms. The Balaban J connectivity index is 1.71. The van der Waals surface area contributed by atoms with E-state index in [2.05, 4.69) is 16.7 Å². The quantitative estimate of drug-likeness (QED) is 0.816. The predicted octanol–water partition coefficient (Wildman–Crippen LogP) is 1.20. The van der Waals surface area contributed by atoms with Crippen LogP contribution in [-0.2, 0) is 4.79 Å². The Morgan fingerprint density at radius 2 is 2.05 bits per heavy atom. The maximum atomic E-state index is 12.8. The molecule has 0 aromatic rings. The minimum atomic E-state index is -0.203. The van der Waals surface area contributed by atoms with E-state index in [0.29, 0.717) is 24.5 Å². The third-order valence-electron chi connectivity index (χ3n) is 5.60. The van der Waals surface area contributed by atoms with Crippen molar-refractivity contribution in [2.24, 2.45) is 11.1 Å². The van der Waals surface area contributed by atoms with E-state index < -0.39 is 0 Å². The van der Waals surface area contributed by atoms with E-state index in [0.717, 1.165) is 25.9 Å². The Hall–Kier alpha value is -0.610. The first-order chi connectivity index (χ1) is 9.16. The van der Waals surface area contributed by atoms with Crippen molar-refractivity contribution in [1.29, 1.82) is 0 Å². The molecule has 4 nitrogen and oxygen atoms in total. The van der Waals surface area contributed by atoms with Gasteiger partial charge >= 0.3 is 0 Å². The summed E-state index contributed by atoms with van der Waals surface area (Å²) < 4.78 is 0. The van der Waals surface area contributed by atoms with Gasteiger partial charge in [0, 0.05) is 31.7 Å².